The van der Waals surface area contributed by atoms with Gasteiger partial charge < -0.3 is 39.4 Å². The maximum Gasteiger partial charge on any atom is 0.247 e. The van der Waals surface area contributed by atoms with Crippen LogP contribution in [0.25, 0.3) is 22.9 Å². The average molecular weight is 1130 g/mol. The summed E-state index contributed by atoms with van der Waals surface area (Å²) in [5.41, 5.74) is 12.5. The van der Waals surface area contributed by atoms with E-state index in [-0.39, 0.29) is 40.9 Å². The molecule has 2 heterocycles. The maximum atomic E-state index is 11.3. The van der Waals surface area contributed by atoms with Gasteiger partial charge >= 0.3 is 0 Å². The highest BCUT2D eigenvalue weighted by atomic mass is 35.5. The number of aromatic nitrogens is 4. The quantitative estimate of drug-likeness (QED) is 0.0425. The Bertz CT molecular complexity index is 3010. The molecule has 0 saturated carbocycles. The second-order valence-electron chi connectivity index (χ2n) is 21.1. The molecule has 0 radical (unpaired) electrons. The Morgan fingerprint density at radius 1 is 0.645 bits per heavy atom. The first-order chi connectivity index (χ1) is 34.8. The number of nitrogens with zero attached hydrogens (tertiary/aromatic N) is 6. The number of hydrogen-bond donors (Lipinski definition) is 4. The smallest absolute Gasteiger partial charge is 0.247 e. The highest BCUT2D eigenvalue weighted by Crippen LogP contribution is 2.42. The van der Waals surface area contributed by atoms with E-state index in [0.717, 1.165) is 33.6 Å². The second-order valence-corrected chi connectivity index (χ2v) is 31.9. The summed E-state index contributed by atoms with van der Waals surface area (Å²) in [6, 6.07) is 24.8. The van der Waals surface area contributed by atoms with Crippen LogP contribution in [0, 0.1) is 36.5 Å². The van der Waals surface area contributed by atoms with Crippen LogP contribution in [0.15, 0.2) is 81.6 Å². The number of carbonyl (C=O) groups excluding carboxylic acids is 2. The van der Waals surface area contributed by atoms with Gasteiger partial charge in [0.1, 0.15) is 24.2 Å². The highest BCUT2D eigenvalue weighted by molar-refractivity contribution is 6.74. The largest absolute Gasteiger partial charge is 0.418 e. The lowest BCUT2D eigenvalue weighted by Gasteiger charge is -2.40. The Morgan fingerprint density at radius 3 is 1.30 bits per heavy atom. The first kappa shape index (κ1) is 64.2. The molecule has 6 rings (SSSR count). The van der Waals surface area contributed by atoms with Gasteiger partial charge in [0, 0.05) is 47.7 Å². The molecule has 16 nitrogen and oxygen atoms in total. The second kappa shape index (κ2) is 26.8. The van der Waals surface area contributed by atoms with Gasteiger partial charge in [0.2, 0.25) is 34.7 Å². The van der Waals surface area contributed by atoms with Gasteiger partial charge in [-0.3, -0.25) is 9.59 Å². The van der Waals surface area contributed by atoms with Gasteiger partial charge in [0.05, 0.1) is 33.4 Å². The Kier molecular flexibility index (Phi) is 22.6. The lowest BCUT2D eigenvalue weighted by Crippen LogP contribution is -2.45. The molecule has 2 aromatic heterocycles. The number of amides is 1. The Hall–Kier alpha value is -6.10. The van der Waals surface area contributed by atoms with E-state index < -0.39 is 28.7 Å². The molecular weight excluding hydrogens is 1060 g/mol. The predicted octanol–water partition coefficient (Wildman–Crippen LogP) is 15.2. The molecule has 76 heavy (non-hydrogen) atoms. The molecule has 0 aliphatic carbocycles. The zero-order valence-electron chi connectivity index (χ0n) is 45.6. The van der Waals surface area contributed by atoms with Crippen molar-refractivity contribution in [3.63, 3.8) is 0 Å². The van der Waals surface area contributed by atoms with Crippen molar-refractivity contribution < 1.29 is 27.3 Å². The number of nitrogens with one attached hydrogen (secondary N) is 3. The molecule has 0 aliphatic rings. The monoisotopic (exact) mass is 1130 g/mol. The Morgan fingerprint density at radius 2 is 0.987 bits per heavy atom. The summed E-state index contributed by atoms with van der Waals surface area (Å²) < 4.78 is 25.6. The maximum absolute atomic E-state index is 11.3. The van der Waals surface area contributed by atoms with Crippen molar-refractivity contribution >= 4 is 85.3 Å². The fourth-order valence-electron chi connectivity index (χ4n) is 6.85. The first-order valence-electron chi connectivity index (χ1n) is 24.1. The number of benzene rings is 4. The van der Waals surface area contributed by atoms with Crippen molar-refractivity contribution in [1.82, 2.24) is 20.4 Å². The van der Waals surface area contributed by atoms with Gasteiger partial charge in [-0.25, -0.2) is 0 Å². The zero-order valence-corrected chi connectivity index (χ0v) is 49.8. The molecule has 0 bridgehead atoms. The van der Waals surface area contributed by atoms with Crippen LogP contribution in [-0.2, 0) is 18.4 Å². The van der Waals surface area contributed by atoms with E-state index in [9.17, 15) is 20.1 Å². The fourth-order valence-corrected chi connectivity index (χ4v) is 10.1. The van der Waals surface area contributed by atoms with Crippen LogP contribution in [-0.4, -0.2) is 60.4 Å². The molecule has 0 unspecified atom stereocenters. The predicted molar refractivity (Wildman–Crippen MR) is 311 cm³/mol. The molecule has 5 N–H and O–H groups in total. The third-order valence-corrected chi connectivity index (χ3v) is 23.3. The summed E-state index contributed by atoms with van der Waals surface area (Å²) in [7, 11) is -4.23. The van der Waals surface area contributed by atoms with Gasteiger partial charge in [-0.1, -0.05) is 72.2 Å². The average Bonchev–Trinajstić information content (AvgIpc) is 4.01. The highest BCUT2D eigenvalue weighted by Gasteiger charge is 2.42. The lowest BCUT2D eigenvalue weighted by atomic mass is 10.1. The molecular formula is C55H73Cl3N10O6Si2. The zero-order chi connectivity index (χ0) is 56.4. The van der Waals surface area contributed by atoms with Crippen LogP contribution in [0.3, 0.4) is 0 Å². The molecule has 0 aliphatic heterocycles. The van der Waals surface area contributed by atoms with Gasteiger partial charge in [-0.05, 0) is 159 Å². The van der Waals surface area contributed by atoms with Crippen molar-refractivity contribution in [1.29, 1.82) is 10.5 Å². The fraction of sp³-hybridized carbons (Fsp3) is 0.418. The molecule has 0 spiro atoms. The molecule has 4 atom stereocenters. The summed E-state index contributed by atoms with van der Waals surface area (Å²) >= 11 is 17.5. The van der Waals surface area contributed by atoms with Crippen LogP contribution < -0.4 is 21.7 Å². The minimum absolute atomic E-state index is 0. The molecule has 4 aromatic carbocycles. The summed E-state index contributed by atoms with van der Waals surface area (Å²) in [5, 5.41) is 46.1. The van der Waals surface area contributed by atoms with E-state index in [1.807, 2.05) is 64.1 Å². The topological polar surface area (TPSA) is 240 Å². The Balaban J connectivity index is 0.000000370. The van der Waals surface area contributed by atoms with E-state index in [0.29, 0.717) is 56.1 Å². The molecule has 0 fully saturated rings. The number of rotatable bonds is 15. The van der Waals surface area contributed by atoms with E-state index in [1.165, 1.54) is 13.8 Å². The van der Waals surface area contributed by atoms with E-state index in [1.54, 1.807) is 36.4 Å². The van der Waals surface area contributed by atoms with Crippen LogP contribution in [0.4, 0.5) is 22.7 Å². The number of nitrogen functional groups attached to an aromatic ring is 1. The Labute approximate surface area is 465 Å². The summed E-state index contributed by atoms with van der Waals surface area (Å²) in [6.45, 7) is 32.4. The third kappa shape index (κ3) is 17.0. The van der Waals surface area contributed by atoms with Crippen LogP contribution >= 0.6 is 34.8 Å². The minimum Gasteiger partial charge on any atom is -0.418 e. The standard InChI is InChI=1S/C27H34ClN5O3Si.C25H32ClN5O2Si.C2H3ClO.CH4/c1-16-22(14-11-20(15-29)23(16)28)31-24(17(2)36-37(7,8)27(4,5)6)26-33-32-25(35-26)19-9-12-21(13-10-19)30-18(3)34;1-15-20(13-10-18(14-27)21(15)26)29-22(16(2)33-34(6,7)25(3,4)5)24-31-30-23(32-24)17-8-11-19(28)12-9-17;1-2(3)4;/h9-14,17,24,31H,1-8H3,(H,30,34);8-13,16,22,29H,28H2,1-7H3;1H3;1H4/t17-,24+;16-,22+;;/m00../s1. The van der Waals surface area contributed by atoms with Gasteiger partial charge in [-0.15, -0.1) is 20.4 Å². The van der Waals surface area contributed by atoms with Crippen molar-refractivity contribution in [2.45, 2.75) is 151 Å². The molecule has 1 amide bonds. The normalized spacial score (nSPS) is 13.1. The summed E-state index contributed by atoms with van der Waals surface area (Å²) in [5.74, 6) is 1.38. The van der Waals surface area contributed by atoms with E-state index >= 15 is 0 Å². The first-order valence-corrected chi connectivity index (χ1v) is 31.1. The van der Waals surface area contributed by atoms with Crippen LogP contribution in [0.5, 0.6) is 0 Å². The SMILES string of the molecule is C.CC(=O)Cl.CC(=O)Nc1ccc(-c2nnc([C@H](Nc3ccc(C#N)c(Cl)c3C)[C@H](C)O[Si](C)(C)C(C)(C)C)o2)cc1.Cc1c(N[C@@H](c2nnc(-c3ccc(N)cc3)o2)[C@H](C)O[Si](C)(C)C(C)(C)C)ccc(C#N)c1Cl. The van der Waals surface area contributed by atoms with Gasteiger partial charge in [-0.2, -0.15) is 10.5 Å². The lowest BCUT2D eigenvalue weighted by molar-refractivity contribution is -0.114. The van der Waals surface area contributed by atoms with Crippen LogP contribution in [0.2, 0.25) is 46.3 Å². The van der Waals surface area contributed by atoms with Gasteiger partial charge in [0.25, 0.3) is 0 Å². The minimum atomic E-state index is -2.13. The molecule has 6 aromatic rings. The van der Waals surface area contributed by atoms with Crippen molar-refractivity contribution in [3.8, 4) is 35.0 Å². The number of hydrogen-bond acceptors (Lipinski definition) is 15. The van der Waals surface area contributed by atoms with Crippen molar-refractivity contribution in [2.75, 3.05) is 21.7 Å². The summed E-state index contributed by atoms with van der Waals surface area (Å²) in [6.07, 6.45) is -0.598. The number of carbonyl (C=O) groups is 2. The number of anilines is 4. The molecule has 0 saturated heterocycles. The van der Waals surface area contributed by atoms with Crippen molar-refractivity contribution in [3.05, 3.63) is 117 Å². The number of nitrogens with two attached hydrogens (primary N) is 1. The van der Waals surface area contributed by atoms with Gasteiger partial charge in [0.15, 0.2) is 16.6 Å². The van der Waals surface area contributed by atoms with Crippen LogP contribution in [0.1, 0.15) is 123 Å². The van der Waals surface area contributed by atoms with E-state index in [4.69, 9.17) is 46.6 Å². The van der Waals surface area contributed by atoms with Crippen molar-refractivity contribution in [2.24, 2.45) is 0 Å². The van der Waals surface area contributed by atoms with E-state index in [2.05, 4.69) is 128 Å². The molecule has 21 heteroatoms. The third-order valence-electron chi connectivity index (χ3n) is 13.2. The summed E-state index contributed by atoms with van der Waals surface area (Å²) in [4.78, 5) is 20.5. The number of halogens is 3. The molecule has 408 valence electrons. The number of nitriles is 2.